The number of nitro groups is 1. The first-order valence-corrected chi connectivity index (χ1v) is 3.40. The third-order valence-electron chi connectivity index (χ3n) is 1.51. The van der Waals surface area contributed by atoms with Crippen molar-refractivity contribution >= 4 is 11.6 Å². The van der Waals surface area contributed by atoms with Crippen LogP contribution in [0.5, 0.6) is 0 Å². The first-order chi connectivity index (χ1) is 5.07. The Morgan fingerprint density at radius 3 is 2.64 bits per heavy atom. The molecule has 1 aliphatic rings. The summed E-state index contributed by atoms with van der Waals surface area (Å²) in [4.78, 5) is 8.14. The molecule has 0 saturated heterocycles. The lowest BCUT2D eigenvalue weighted by atomic mass is 10.0. The van der Waals surface area contributed by atoms with E-state index in [9.17, 15) is 10.1 Å². The molecule has 1 rings (SSSR count). The van der Waals surface area contributed by atoms with Crippen LogP contribution in [0, 0.1) is 10.1 Å². The molecule has 2 unspecified atom stereocenters. The molecule has 0 saturated carbocycles. The molecule has 11 heavy (non-hydrogen) atoms. The summed E-state index contributed by atoms with van der Waals surface area (Å²) in [5.74, 6) is 0. The lowest BCUT2D eigenvalue weighted by Crippen LogP contribution is -2.47. The van der Waals surface area contributed by atoms with Crippen LogP contribution in [0.1, 0.15) is 0 Å². The number of alkyl halides is 1. The number of allylic oxidation sites excluding steroid dienone is 2. The van der Waals surface area contributed by atoms with Crippen molar-refractivity contribution in [3.8, 4) is 0 Å². The van der Waals surface area contributed by atoms with Crippen molar-refractivity contribution in [1.82, 2.24) is 0 Å². The molecule has 2 atom stereocenters. The van der Waals surface area contributed by atoms with Gasteiger partial charge in [-0.2, -0.15) is 0 Å². The Kier molecular flexibility index (Phi) is 1.97. The van der Waals surface area contributed by atoms with Crippen LogP contribution in [0.15, 0.2) is 24.3 Å². The maximum absolute atomic E-state index is 10.4. The zero-order chi connectivity index (χ0) is 8.48. The average Bonchev–Trinajstić information content (AvgIpc) is 1.95. The van der Waals surface area contributed by atoms with Gasteiger partial charge in [0.25, 0.3) is 0 Å². The Balaban J connectivity index is 2.94. The first kappa shape index (κ1) is 8.23. The molecular weight excluding hydrogens is 168 g/mol. The van der Waals surface area contributed by atoms with Gasteiger partial charge < -0.3 is 5.73 Å². The summed E-state index contributed by atoms with van der Waals surface area (Å²) in [5, 5.41) is 10.4. The van der Waals surface area contributed by atoms with E-state index in [1.807, 2.05) is 0 Å². The van der Waals surface area contributed by atoms with Gasteiger partial charge in [0.2, 0.25) is 0 Å². The summed E-state index contributed by atoms with van der Waals surface area (Å²) in [6.45, 7) is 0. The van der Waals surface area contributed by atoms with Crippen LogP contribution in [0.4, 0.5) is 0 Å². The topological polar surface area (TPSA) is 69.2 Å². The van der Waals surface area contributed by atoms with Gasteiger partial charge in [0, 0.05) is 11.0 Å². The molecule has 0 fully saturated rings. The van der Waals surface area contributed by atoms with Crippen molar-refractivity contribution in [1.29, 1.82) is 0 Å². The Labute approximate surface area is 68.5 Å². The summed E-state index contributed by atoms with van der Waals surface area (Å²) in [7, 11) is 0. The molecule has 4 nitrogen and oxygen atoms in total. The normalized spacial score (nSPS) is 35.6. The Morgan fingerprint density at radius 2 is 2.27 bits per heavy atom. The Bertz CT molecular complexity index is 239. The summed E-state index contributed by atoms with van der Waals surface area (Å²) >= 11 is 5.60. The van der Waals surface area contributed by atoms with E-state index >= 15 is 0 Å². The van der Waals surface area contributed by atoms with Crippen LogP contribution in [-0.2, 0) is 0 Å². The summed E-state index contributed by atoms with van der Waals surface area (Å²) in [5.41, 5.74) is 5.40. The van der Waals surface area contributed by atoms with Gasteiger partial charge in [-0.15, -0.1) is 0 Å². The fourth-order valence-corrected chi connectivity index (χ4v) is 0.948. The highest BCUT2D eigenvalue weighted by atomic mass is 35.5. The second kappa shape index (κ2) is 2.64. The highest BCUT2D eigenvalue weighted by Gasteiger charge is 2.44. The monoisotopic (exact) mass is 174 g/mol. The van der Waals surface area contributed by atoms with Gasteiger partial charge in [0.1, 0.15) is 6.04 Å². The van der Waals surface area contributed by atoms with Gasteiger partial charge in [0.05, 0.1) is 0 Å². The summed E-state index contributed by atoms with van der Waals surface area (Å²) < 4.78 is 0. The zero-order valence-corrected chi connectivity index (χ0v) is 6.36. The highest BCUT2D eigenvalue weighted by Crippen LogP contribution is 2.24. The van der Waals surface area contributed by atoms with Crippen LogP contribution in [0.3, 0.4) is 0 Å². The second-order valence-electron chi connectivity index (χ2n) is 2.25. The predicted molar refractivity (Wildman–Crippen MR) is 41.8 cm³/mol. The van der Waals surface area contributed by atoms with Crippen LogP contribution >= 0.6 is 11.6 Å². The van der Waals surface area contributed by atoms with Crippen molar-refractivity contribution < 1.29 is 4.92 Å². The van der Waals surface area contributed by atoms with Crippen molar-refractivity contribution in [2.75, 3.05) is 0 Å². The van der Waals surface area contributed by atoms with E-state index in [1.54, 1.807) is 6.08 Å². The Morgan fingerprint density at radius 1 is 1.64 bits per heavy atom. The summed E-state index contributed by atoms with van der Waals surface area (Å²) in [6.07, 6.45) is 5.92. The molecule has 0 aromatic heterocycles. The number of rotatable bonds is 1. The van der Waals surface area contributed by atoms with Crippen LogP contribution < -0.4 is 5.73 Å². The van der Waals surface area contributed by atoms with Crippen LogP contribution in [0.2, 0.25) is 0 Å². The van der Waals surface area contributed by atoms with E-state index in [-0.39, 0.29) is 0 Å². The standard InChI is InChI=1S/C6H7ClN2O2/c7-6(9(10)11)4-2-1-3-5(6)8/h1-5H,8H2. The number of nitrogens with two attached hydrogens (primary N) is 1. The molecule has 0 aromatic rings. The van der Waals surface area contributed by atoms with Crippen molar-refractivity contribution in [3.05, 3.63) is 34.4 Å². The quantitative estimate of drug-likeness (QED) is 0.275. The van der Waals surface area contributed by atoms with Gasteiger partial charge in [-0.05, 0) is 11.6 Å². The van der Waals surface area contributed by atoms with E-state index in [0.717, 1.165) is 0 Å². The Hall–Kier alpha value is -0.870. The van der Waals surface area contributed by atoms with E-state index in [4.69, 9.17) is 17.3 Å². The molecule has 0 heterocycles. The molecule has 2 N–H and O–H groups in total. The van der Waals surface area contributed by atoms with E-state index in [2.05, 4.69) is 0 Å². The van der Waals surface area contributed by atoms with E-state index in [1.165, 1.54) is 18.2 Å². The molecular formula is C6H7ClN2O2. The minimum absolute atomic E-state index is 0.598. The number of hydrogen-bond donors (Lipinski definition) is 1. The molecule has 1 aliphatic carbocycles. The van der Waals surface area contributed by atoms with Crippen LogP contribution in [0.25, 0.3) is 0 Å². The summed E-state index contributed by atoms with van der Waals surface area (Å²) in [6, 6.07) is -0.760. The van der Waals surface area contributed by atoms with E-state index < -0.39 is 16.0 Å². The molecule has 0 bridgehead atoms. The SMILES string of the molecule is NC1C=CC=CC1(Cl)[N+](=O)[O-]. The first-order valence-electron chi connectivity index (χ1n) is 3.02. The van der Waals surface area contributed by atoms with Gasteiger partial charge in [-0.1, -0.05) is 18.2 Å². The third kappa shape index (κ3) is 1.27. The van der Waals surface area contributed by atoms with Gasteiger partial charge in [0.15, 0.2) is 0 Å². The fraction of sp³-hybridized carbons (Fsp3) is 0.333. The minimum atomic E-state index is -1.66. The number of halogens is 1. The van der Waals surface area contributed by atoms with Crippen molar-refractivity contribution in [2.24, 2.45) is 5.73 Å². The third-order valence-corrected chi connectivity index (χ3v) is 2.02. The minimum Gasteiger partial charge on any atom is -0.317 e. The molecule has 0 aliphatic heterocycles. The number of hydrogen-bond acceptors (Lipinski definition) is 3. The van der Waals surface area contributed by atoms with Crippen molar-refractivity contribution in [2.45, 2.75) is 11.0 Å². The van der Waals surface area contributed by atoms with Gasteiger partial charge in [-0.25, -0.2) is 0 Å². The van der Waals surface area contributed by atoms with Crippen LogP contribution in [-0.4, -0.2) is 16.0 Å². The lowest BCUT2D eigenvalue weighted by molar-refractivity contribution is -0.529. The highest BCUT2D eigenvalue weighted by molar-refractivity contribution is 6.24. The van der Waals surface area contributed by atoms with Crippen molar-refractivity contribution in [3.63, 3.8) is 0 Å². The maximum atomic E-state index is 10.4. The molecule has 60 valence electrons. The predicted octanol–water partition coefficient (Wildman–Crippen LogP) is 0.651. The van der Waals surface area contributed by atoms with Gasteiger partial charge in [-0.3, -0.25) is 10.1 Å². The maximum Gasteiger partial charge on any atom is 0.332 e. The fourth-order valence-electron chi connectivity index (χ4n) is 0.803. The molecule has 0 amide bonds. The molecule has 0 radical (unpaired) electrons. The number of nitrogens with zero attached hydrogens (tertiary/aromatic N) is 1. The van der Waals surface area contributed by atoms with Gasteiger partial charge >= 0.3 is 5.00 Å². The molecule has 5 heteroatoms. The largest absolute Gasteiger partial charge is 0.332 e. The zero-order valence-electron chi connectivity index (χ0n) is 5.61. The molecule has 0 spiro atoms. The molecule has 0 aromatic carbocycles. The second-order valence-corrected chi connectivity index (χ2v) is 2.86. The lowest BCUT2D eigenvalue weighted by Gasteiger charge is -2.20. The van der Waals surface area contributed by atoms with E-state index in [0.29, 0.717) is 0 Å². The average molecular weight is 175 g/mol. The smallest absolute Gasteiger partial charge is 0.317 e.